The van der Waals surface area contributed by atoms with Gasteiger partial charge in [-0.05, 0) is 24.3 Å². The van der Waals surface area contributed by atoms with Gasteiger partial charge in [0.15, 0.2) is 11.5 Å². The molecule has 0 unspecified atom stereocenters. The van der Waals surface area contributed by atoms with Crippen LogP contribution in [0.25, 0.3) is 27.9 Å². The van der Waals surface area contributed by atoms with Crippen molar-refractivity contribution in [3.05, 3.63) is 65.5 Å². The van der Waals surface area contributed by atoms with Crippen LogP contribution in [0.15, 0.2) is 59.8 Å². The number of imidazole rings is 2. The average molecular weight is 472 g/mol. The molecule has 1 aliphatic rings. The number of methoxy groups -OCH3 is 1. The Morgan fingerprint density at radius 1 is 1.14 bits per heavy atom. The van der Waals surface area contributed by atoms with Gasteiger partial charge in [-0.1, -0.05) is 6.07 Å². The van der Waals surface area contributed by atoms with E-state index in [4.69, 9.17) is 14.5 Å². The van der Waals surface area contributed by atoms with Crippen molar-refractivity contribution in [3.63, 3.8) is 0 Å². The van der Waals surface area contributed by atoms with Crippen molar-refractivity contribution >= 4 is 33.9 Å². The van der Waals surface area contributed by atoms with Crippen LogP contribution in [0.4, 0.5) is 17.2 Å². The van der Waals surface area contributed by atoms with Crippen molar-refractivity contribution in [2.75, 3.05) is 43.6 Å². The Kier molecular flexibility index (Phi) is 5.14. The summed E-state index contributed by atoms with van der Waals surface area (Å²) in [6.45, 7) is 3.08. The first kappa shape index (κ1) is 21.2. The van der Waals surface area contributed by atoms with Crippen LogP contribution >= 0.6 is 0 Å². The number of hydrogen-bond acceptors (Lipinski definition) is 7. The van der Waals surface area contributed by atoms with Crippen LogP contribution in [0.3, 0.4) is 0 Å². The summed E-state index contributed by atoms with van der Waals surface area (Å²) in [5.74, 6) is 1.40. The lowest BCUT2D eigenvalue weighted by Crippen LogP contribution is -2.36. The van der Waals surface area contributed by atoms with Crippen molar-refractivity contribution in [1.82, 2.24) is 23.9 Å². The van der Waals surface area contributed by atoms with E-state index in [9.17, 15) is 4.79 Å². The predicted octanol–water partition coefficient (Wildman–Crippen LogP) is 3.17. The molecule has 0 atom stereocenters. The molecule has 10 heteroatoms. The zero-order chi connectivity index (χ0) is 23.9. The number of nitrogens with one attached hydrogen (secondary N) is 2. The lowest BCUT2D eigenvalue weighted by Gasteiger charge is -2.30. The third-order valence-electron chi connectivity index (χ3n) is 6.37. The minimum Gasteiger partial charge on any atom is -0.495 e. The van der Waals surface area contributed by atoms with Crippen LogP contribution in [0, 0.1) is 0 Å². The van der Waals surface area contributed by atoms with Crippen LogP contribution in [0.1, 0.15) is 0 Å². The third kappa shape index (κ3) is 3.77. The summed E-state index contributed by atoms with van der Waals surface area (Å²) in [7, 11) is 3.43. The summed E-state index contributed by atoms with van der Waals surface area (Å²) in [5.41, 5.74) is 5.69. The number of hydrogen-bond donors (Lipinski definition) is 2. The molecule has 0 spiro atoms. The van der Waals surface area contributed by atoms with Gasteiger partial charge in [-0.15, -0.1) is 0 Å². The van der Waals surface area contributed by atoms with Gasteiger partial charge in [0.1, 0.15) is 5.75 Å². The monoisotopic (exact) mass is 471 g/mol. The topological polar surface area (TPSA) is 102 Å². The average Bonchev–Trinajstić information content (AvgIpc) is 3.48. The van der Waals surface area contributed by atoms with Crippen molar-refractivity contribution in [1.29, 1.82) is 0 Å². The summed E-state index contributed by atoms with van der Waals surface area (Å²) in [5, 5.41) is 3.42. The summed E-state index contributed by atoms with van der Waals surface area (Å²) in [6.07, 6.45) is 5.56. The summed E-state index contributed by atoms with van der Waals surface area (Å²) >= 11 is 0. The lowest BCUT2D eigenvalue weighted by molar-refractivity contribution is 0.122. The molecule has 0 saturated carbocycles. The number of benzene rings is 2. The van der Waals surface area contributed by atoms with Crippen molar-refractivity contribution in [3.8, 4) is 17.0 Å². The van der Waals surface area contributed by atoms with Crippen LogP contribution in [-0.2, 0) is 11.8 Å². The minimum atomic E-state index is -0.146. The fraction of sp³-hybridized carbons (Fsp3) is 0.240. The van der Waals surface area contributed by atoms with E-state index < -0.39 is 0 Å². The molecule has 10 nitrogen and oxygen atoms in total. The molecule has 0 radical (unpaired) electrons. The Morgan fingerprint density at radius 3 is 2.83 bits per heavy atom. The second kappa shape index (κ2) is 8.48. The van der Waals surface area contributed by atoms with Crippen LogP contribution < -0.4 is 20.6 Å². The molecule has 2 N–H and O–H groups in total. The number of aryl methyl sites for hydroxylation is 1. The zero-order valence-corrected chi connectivity index (χ0v) is 19.5. The van der Waals surface area contributed by atoms with Gasteiger partial charge >= 0.3 is 5.69 Å². The molecule has 0 aliphatic carbocycles. The quantitative estimate of drug-likeness (QED) is 0.406. The maximum atomic E-state index is 12.0. The van der Waals surface area contributed by atoms with E-state index in [1.54, 1.807) is 24.9 Å². The fourth-order valence-corrected chi connectivity index (χ4v) is 4.51. The highest BCUT2D eigenvalue weighted by molar-refractivity contribution is 5.82. The summed E-state index contributed by atoms with van der Waals surface area (Å²) in [6, 6.07) is 11.9. The number of morpholine rings is 1. The Balaban J connectivity index is 1.38. The number of fused-ring (bicyclic) bond motifs is 2. The van der Waals surface area contributed by atoms with E-state index in [0.717, 1.165) is 52.5 Å². The summed E-state index contributed by atoms with van der Waals surface area (Å²) in [4.78, 5) is 26.5. The van der Waals surface area contributed by atoms with E-state index >= 15 is 0 Å². The van der Waals surface area contributed by atoms with Crippen molar-refractivity contribution in [2.24, 2.45) is 7.05 Å². The van der Waals surface area contributed by atoms with Crippen molar-refractivity contribution in [2.45, 2.75) is 0 Å². The lowest BCUT2D eigenvalue weighted by atomic mass is 10.1. The van der Waals surface area contributed by atoms with Crippen LogP contribution in [0.2, 0.25) is 0 Å². The molecular formula is C25H25N7O3. The summed E-state index contributed by atoms with van der Waals surface area (Å²) < 4.78 is 14.7. The molecule has 4 heterocycles. The Morgan fingerprint density at radius 2 is 2.00 bits per heavy atom. The van der Waals surface area contributed by atoms with Gasteiger partial charge in [-0.3, -0.25) is 4.57 Å². The molecule has 1 aliphatic heterocycles. The maximum absolute atomic E-state index is 12.0. The highest BCUT2D eigenvalue weighted by atomic mass is 16.5. The largest absolute Gasteiger partial charge is 0.495 e. The second-order valence-corrected chi connectivity index (χ2v) is 8.47. The van der Waals surface area contributed by atoms with E-state index in [2.05, 4.69) is 26.3 Å². The molecule has 178 valence electrons. The van der Waals surface area contributed by atoms with Gasteiger partial charge in [-0.2, -0.15) is 0 Å². The molecule has 5 aromatic rings. The van der Waals surface area contributed by atoms with Gasteiger partial charge in [0.2, 0.25) is 0 Å². The van der Waals surface area contributed by atoms with Gasteiger partial charge in [-0.25, -0.2) is 14.8 Å². The van der Waals surface area contributed by atoms with Crippen LogP contribution in [-0.4, -0.2) is 57.3 Å². The Bertz CT molecular complexity index is 1590. The molecule has 0 amide bonds. The molecule has 2 aromatic carbocycles. The van der Waals surface area contributed by atoms with Crippen molar-refractivity contribution < 1.29 is 9.47 Å². The normalized spacial score (nSPS) is 14.1. The van der Waals surface area contributed by atoms with Gasteiger partial charge < -0.3 is 29.1 Å². The first-order valence-corrected chi connectivity index (χ1v) is 11.4. The first-order valence-electron chi connectivity index (χ1n) is 11.4. The standard InChI is InChI=1S/C25H25N7O3/c1-30-20-5-3-16(13-18(20)29-25(30)33)19-15-32-8-7-26-24(32)23(28-19)27-17-4-6-21(22(14-17)34-2)31-9-11-35-12-10-31/h3-8,13-15H,9-12H2,1-2H3,(H,27,28)(H,29,33). The van der Waals surface area contributed by atoms with Crippen LogP contribution in [0.5, 0.6) is 5.75 Å². The number of nitrogens with zero attached hydrogens (tertiary/aromatic N) is 5. The minimum absolute atomic E-state index is 0.146. The highest BCUT2D eigenvalue weighted by Crippen LogP contribution is 2.33. The SMILES string of the molecule is COc1cc(Nc2nc(-c3ccc4c(c3)[nH]c(=O)n4C)cn3ccnc23)ccc1N1CCOCC1. The first-order chi connectivity index (χ1) is 17.1. The van der Waals surface area contributed by atoms with Gasteiger partial charge in [0.05, 0.1) is 42.7 Å². The second-order valence-electron chi connectivity index (χ2n) is 8.47. The molecule has 1 saturated heterocycles. The number of anilines is 3. The van der Waals surface area contributed by atoms with E-state index in [0.29, 0.717) is 24.7 Å². The number of rotatable bonds is 5. The Labute approximate surface area is 200 Å². The number of ether oxygens (including phenoxy) is 2. The molecular weight excluding hydrogens is 446 g/mol. The zero-order valence-electron chi connectivity index (χ0n) is 19.5. The fourth-order valence-electron chi connectivity index (χ4n) is 4.51. The molecule has 35 heavy (non-hydrogen) atoms. The number of H-pyrrole nitrogens is 1. The molecule has 0 bridgehead atoms. The third-order valence-corrected chi connectivity index (χ3v) is 6.37. The van der Waals surface area contributed by atoms with E-state index in [-0.39, 0.29) is 5.69 Å². The van der Waals surface area contributed by atoms with E-state index in [1.165, 1.54) is 0 Å². The van der Waals surface area contributed by atoms with E-state index in [1.807, 2.05) is 47.1 Å². The maximum Gasteiger partial charge on any atom is 0.326 e. The highest BCUT2D eigenvalue weighted by Gasteiger charge is 2.17. The van der Waals surface area contributed by atoms with Gasteiger partial charge in [0.25, 0.3) is 0 Å². The Hall–Kier alpha value is -4.31. The number of aromatic nitrogens is 5. The molecule has 6 rings (SSSR count). The molecule has 1 fully saturated rings. The number of aromatic amines is 1. The predicted molar refractivity (Wildman–Crippen MR) is 135 cm³/mol. The van der Waals surface area contributed by atoms with Gasteiger partial charge in [0, 0.05) is 56.0 Å². The smallest absolute Gasteiger partial charge is 0.326 e. The molecule has 3 aromatic heterocycles.